The molecule has 0 N–H and O–H groups in total. The van der Waals surface area contributed by atoms with Gasteiger partial charge in [-0.25, -0.2) is 4.98 Å². The molecule has 2 aromatic rings. The monoisotopic (exact) mass is 302 g/mol. The molecule has 0 bridgehead atoms. The average Bonchev–Trinajstić information content (AvgIpc) is 2.48. The van der Waals surface area contributed by atoms with Crippen LogP contribution in [0.4, 0.5) is 17.2 Å². The Hall–Kier alpha value is -2.70. The molecule has 0 saturated heterocycles. The van der Waals surface area contributed by atoms with Gasteiger partial charge in [0.2, 0.25) is 5.82 Å². The van der Waals surface area contributed by atoms with Crippen LogP contribution in [0.15, 0.2) is 36.7 Å². The quantitative estimate of drug-likeness (QED) is 0.601. The van der Waals surface area contributed by atoms with Gasteiger partial charge in [0.15, 0.2) is 0 Å². The summed E-state index contributed by atoms with van der Waals surface area (Å²) in [5.41, 5.74) is 0.601. The molecule has 0 unspecified atom stereocenters. The highest BCUT2D eigenvalue weighted by Gasteiger charge is 2.28. The van der Waals surface area contributed by atoms with Crippen molar-refractivity contribution >= 4 is 17.2 Å². The van der Waals surface area contributed by atoms with Crippen molar-refractivity contribution in [1.29, 1.82) is 0 Å². The second-order valence-electron chi connectivity index (χ2n) is 4.85. The average molecular weight is 302 g/mol. The Morgan fingerprint density at radius 3 is 2.50 bits per heavy atom. The second-order valence-corrected chi connectivity index (χ2v) is 4.85. The van der Waals surface area contributed by atoms with Crippen LogP contribution in [0.25, 0.3) is 0 Å². The largest absolute Gasteiger partial charge is 0.470 e. The molecule has 0 atom stereocenters. The van der Waals surface area contributed by atoms with Crippen molar-refractivity contribution in [3.63, 3.8) is 0 Å². The summed E-state index contributed by atoms with van der Waals surface area (Å²) in [6.07, 6.45) is 1.07. The van der Waals surface area contributed by atoms with Gasteiger partial charge in [0.05, 0.1) is 11.0 Å². The van der Waals surface area contributed by atoms with E-state index in [1.807, 2.05) is 37.3 Å². The van der Waals surface area contributed by atoms with Gasteiger partial charge >= 0.3 is 5.69 Å². The lowest BCUT2D eigenvalue weighted by atomic mass is 10.2. The lowest BCUT2D eigenvalue weighted by molar-refractivity contribution is -0.385. The van der Waals surface area contributed by atoms with E-state index in [9.17, 15) is 10.1 Å². The number of benzene rings is 1. The smallest absolute Gasteiger partial charge is 0.373 e. The zero-order chi connectivity index (χ0) is 16.1. The normalized spacial score (nSPS) is 10.5. The molecule has 0 aliphatic rings. The summed E-state index contributed by atoms with van der Waals surface area (Å²) in [6.45, 7) is 6.02. The summed E-state index contributed by atoms with van der Waals surface area (Å²) in [6, 6.07) is 9.38. The molecule has 116 valence electrons. The fraction of sp³-hybridized carbons (Fsp3) is 0.333. The maximum Gasteiger partial charge on any atom is 0.373 e. The van der Waals surface area contributed by atoms with Gasteiger partial charge in [0, 0.05) is 12.2 Å². The first-order valence-corrected chi connectivity index (χ1v) is 7.03. The molecular formula is C15H18N4O3. The first kappa shape index (κ1) is 15.7. The number of rotatable bonds is 6. The van der Waals surface area contributed by atoms with E-state index in [2.05, 4.69) is 9.97 Å². The molecule has 22 heavy (non-hydrogen) atoms. The summed E-state index contributed by atoms with van der Waals surface area (Å²) in [7, 11) is 0. The zero-order valence-corrected chi connectivity index (χ0v) is 12.8. The molecule has 2 rings (SSSR count). The van der Waals surface area contributed by atoms with E-state index in [1.54, 1.807) is 18.7 Å². The lowest BCUT2D eigenvalue weighted by Gasteiger charge is -2.22. The Morgan fingerprint density at radius 1 is 1.27 bits per heavy atom. The van der Waals surface area contributed by atoms with E-state index < -0.39 is 4.92 Å². The third-order valence-corrected chi connectivity index (χ3v) is 2.94. The van der Waals surface area contributed by atoms with Crippen LogP contribution >= 0.6 is 0 Å². The highest BCUT2D eigenvalue weighted by molar-refractivity contribution is 5.70. The van der Waals surface area contributed by atoms with Gasteiger partial charge in [-0.15, -0.1) is 0 Å². The van der Waals surface area contributed by atoms with Gasteiger partial charge in [-0.3, -0.25) is 10.1 Å². The number of nitro groups is 1. The fourth-order valence-electron chi connectivity index (χ4n) is 2.08. The van der Waals surface area contributed by atoms with Crippen molar-refractivity contribution in [2.24, 2.45) is 0 Å². The van der Waals surface area contributed by atoms with Crippen LogP contribution in [-0.4, -0.2) is 27.5 Å². The highest BCUT2D eigenvalue weighted by atomic mass is 16.6. The lowest BCUT2D eigenvalue weighted by Crippen LogP contribution is -2.20. The van der Waals surface area contributed by atoms with Crippen molar-refractivity contribution in [3.05, 3.63) is 46.8 Å². The number of hydrogen-bond donors (Lipinski definition) is 0. The maximum atomic E-state index is 11.5. The third-order valence-electron chi connectivity index (χ3n) is 2.94. The standard InChI is InChI=1S/C15H18N4O3/c1-4-18(12-8-6-5-7-9-12)14-13(19(20)21)15(17-10-16-14)22-11(2)3/h5-11H,4H2,1-3H3. The summed E-state index contributed by atoms with van der Waals surface area (Å²) in [4.78, 5) is 20.8. The predicted octanol–water partition coefficient (Wildman–Crippen LogP) is 3.33. The van der Waals surface area contributed by atoms with Gasteiger partial charge in [-0.1, -0.05) is 18.2 Å². The molecule has 0 aliphatic heterocycles. The number of para-hydroxylation sites is 1. The number of aromatic nitrogens is 2. The van der Waals surface area contributed by atoms with Crippen LogP contribution in [0, 0.1) is 10.1 Å². The van der Waals surface area contributed by atoms with Gasteiger partial charge in [-0.2, -0.15) is 4.98 Å². The minimum Gasteiger partial charge on any atom is -0.470 e. The topological polar surface area (TPSA) is 81.4 Å². The molecule has 0 spiro atoms. The molecule has 0 aliphatic carbocycles. The van der Waals surface area contributed by atoms with Crippen molar-refractivity contribution in [1.82, 2.24) is 9.97 Å². The summed E-state index contributed by atoms with van der Waals surface area (Å²) >= 11 is 0. The van der Waals surface area contributed by atoms with Crippen LogP contribution < -0.4 is 9.64 Å². The Labute approximate surface area is 128 Å². The van der Waals surface area contributed by atoms with Gasteiger partial charge in [0.1, 0.15) is 6.33 Å². The Bertz CT molecular complexity index is 646. The molecule has 7 heteroatoms. The van der Waals surface area contributed by atoms with Crippen LogP contribution in [0.2, 0.25) is 0 Å². The van der Waals surface area contributed by atoms with E-state index in [0.717, 1.165) is 5.69 Å². The first-order valence-electron chi connectivity index (χ1n) is 7.03. The molecule has 0 fully saturated rings. The van der Waals surface area contributed by atoms with Crippen molar-refractivity contribution in [2.75, 3.05) is 11.4 Å². The number of hydrogen-bond acceptors (Lipinski definition) is 6. The SMILES string of the molecule is CCN(c1ccccc1)c1ncnc(OC(C)C)c1[N+](=O)[O-]. The summed E-state index contributed by atoms with van der Waals surface area (Å²) in [5, 5.41) is 11.5. The fourth-order valence-corrected chi connectivity index (χ4v) is 2.08. The molecule has 0 amide bonds. The third kappa shape index (κ3) is 3.30. The molecular weight excluding hydrogens is 284 g/mol. The van der Waals surface area contributed by atoms with E-state index in [4.69, 9.17) is 4.74 Å². The molecule has 0 saturated carbocycles. The van der Waals surface area contributed by atoms with E-state index in [0.29, 0.717) is 6.54 Å². The van der Waals surface area contributed by atoms with Crippen molar-refractivity contribution in [3.8, 4) is 5.88 Å². The first-order chi connectivity index (χ1) is 10.5. The van der Waals surface area contributed by atoms with Crippen LogP contribution in [0.1, 0.15) is 20.8 Å². The zero-order valence-electron chi connectivity index (χ0n) is 12.8. The Morgan fingerprint density at radius 2 is 1.95 bits per heavy atom. The second kappa shape index (κ2) is 6.84. The maximum absolute atomic E-state index is 11.5. The van der Waals surface area contributed by atoms with Crippen molar-refractivity contribution in [2.45, 2.75) is 26.9 Å². The number of anilines is 2. The van der Waals surface area contributed by atoms with Crippen LogP contribution in [-0.2, 0) is 0 Å². The van der Waals surface area contributed by atoms with Crippen molar-refractivity contribution < 1.29 is 9.66 Å². The number of ether oxygens (including phenoxy) is 1. The van der Waals surface area contributed by atoms with Gasteiger partial charge < -0.3 is 9.64 Å². The van der Waals surface area contributed by atoms with Gasteiger partial charge in [-0.05, 0) is 32.9 Å². The molecule has 1 heterocycles. The summed E-state index contributed by atoms with van der Waals surface area (Å²) in [5.74, 6) is 0.212. The van der Waals surface area contributed by atoms with Gasteiger partial charge in [0.25, 0.3) is 5.88 Å². The highest BCUT2D eigenvalue weighted by Crippen LogP contribution is 2.37. The van der Waals surface area contributed by atoms with E-state index >= 15 is 0 Å². The van der Waals surface area contributed by atoms with Crippen LogP contribution in [0.3, 0.4) is 0 Å². The molecule has 0 radical (unpaired) electrons. The molecule has 1 aromatic heterocycles. The number of nitrogens with zero attached hydrogens (tertiary/aromatic N) is 4. The molecule has 1 aromatic carbocycles. The van der Waals surface area contributed by atoms with E-state index in [-0.39, 0.29) is 23.5 Å². The Balaban J connectivity index is 2.55. The predicted molar refractivity (Wildman–Crippen MR) is 83.6 cm³/mol. The minimum atomic E-state index is -0.501. The minimum absolute atomic E-state index is 0.0145. The Kier molecular flexibility index (Phi) is 4.88. The van der Waals surface area contributed by atoms with Crippen LogP contribution in [0.5, 0.6) is 5.88 Å². The van der Waals surface area contributed by atoms with E-state index in [1.165, 1.54) is 6.33 Å². The summed E-state index contributed by atoms with van der Waals surface area (Å²) < 4.78 is 5.46. The molecule has 7 nitrogen and oxygen atoms in total.